The van der Waals surface area contributed by atoms with Gasteiger partial charge in [0.1, 0.15) is 17.9 Å². The number of carbonyl (C=O) groups is 3. The van der Waals surface area contributed by atoms with Crippen LogP contribution in [0.1, 0.15) is 26.3 Å². The molecule has 4 amide bonds. The van der Waals surface area contributed by atoms with Gasteiger partial charge in [0.05, 0.1) is 0 Å². The van der Waals surface area contributed by atoms with Crippen LogP contribution in [-0.4, -0.2) is 47.3 Å². The Morgan fingerprint density at radius 3 is 2.56 bits per heavy atom. The Kier molecular flexibility index (Phi) is 5.25. The molecule has 1 saturated heterocycles. The van der Waals surface area contributed by atoms with Crippen LogP contribution >= 0.6 is 0 Å². The molecule has 1 unspecified atom stereocenters. The van der Waals surface area contributed by atoms with Crippen LogP contribution in [0, 0.1) is 5.82 Å². The van der Waals surface area contributed by atoms with E-state index < -0.39 is 29.8 Å². The second-order valence-corrected chi connectivity index (χ2v) is 6.29. The zero-order valence-electron chi connectivity index (χ0n) is 14.6. The molecule has 0 aromatic heterocycles. The fourth-order valence-electron chi connectivity index (χ4n) is 2.83. The van der Waals surface area contributed by atoms with Crippen molar-refractivity contribution in [1.82, 2.24) is 15.1 Å². The van der Waals surface area contributed by atoms with E-state index in [0.29, 0.717) is 13.1 Å². The van der Waals surface area contributed by atoms with E-state index in [9.17, 15) is 18.8 Å². The van der Waals surface area contributed by atoms with Gasteiger partial charge in [-0.25, -0.2) is 9.18 Å². The van der Waals surface area contributed by atoms with Crippen LogP contribution in [0.2, 0.25) is 0 Å². The van der Waals surface area contributed by atoms with Gasteiger partial charge in [-0.05, 0) is 26.8 Å². The molecule has 1 aliphatic heterocycles. The highest BCUT2D eigenvalue weighted by atomic mass is 19.1. The number of nitrogens with one attached hydrogen (secondary N) is 1. The molecule has 1 heterocycles. The van der Waals surface area contributed by atoms with Crippen molar-refractivity contribution < 1.29 is 18.8 Å². The molecule has 2 rings (SSSR count). The van der Waals surface area contributed by atoms with E-state index in [1.807, 2.05) is 0 Å². The van der Waals surface area contributed by atoms with Crippen LogP contribution in [0.5, 0.6) is 0 Å². The van der Waals surface area contributed by atoms with Crippen LogP contribution in [0.15, 0.2) is 36.4 Å². The van der Waals surface area contributed by atoms with E-state index in [2.05, 4.69) is 11.9 Å². The van der Waals surface area contributed by atoms with E-state index in [4.69, 9.17) is 0 Å². The largest absolute Gasteiger partial charge is 0.337 e. The molecule has 134 valence electrons. The van der Waals surface area contributed by atoms with Gasteiger partial charge in [-0.2, -0.15) is 0 Å². The summed E-state index contributed by atoms with van der Waals surface area (Å²) in [4.78, 5) is 39.7. The van der Waals surface area contributed by atoms with E-state index >= 15 is 0 Å². The smallest absolute Gasteiger partial charge is 0.325 e. The predicted octanol–water partition coefficient (Wildman–Crippen LogP) is 2.02. The summed E-state index contributed by atoms with van der Waals surface area (Å²) >= 11 is 0. The maximum absolute atomic E-state index is 14.1. The number of hydrogen-bond donors (Lipinski definition) is 1. The monoisotopic (exact) mass is 347 g/mol. The molecule has 1 fully saturated rings. The highest BCUT2D eigenvalue weighted by molar-refractivity contribution is 6.09. The minimum absolute atomic E-state index is 0.0672. The van der Waals surface area contributed by atoms with Crippen molar-refractivity contribution in [3.63, 3.8) is 0 Å². The molecule has 0 bridgehead atoms. The zero-order valence-corrected chi connectivity index (χ0v) is 14.6. The van der Waals surface area contributed by atoms with Crippen molar-refractivity contribution in [2.75, 3.05) is 19.6 Å². The van der Waals surface area contributed by atoms with E-state index in [1.54, 1.807) is 19.9 Å². The van der Waals surface area contributed by atoms with Gasteiger partial charge < -0.3 is 10.2 Å². The third-order valence-electron chi connectivity index (χ3n) is 4.18. The topological polar surface area (TPSA) is 69.7 Å². The number of hydrogen-bond acceptors (Lipinski definition) is 3. The second kappa shape index (κ2) is 7.04. The number of carbonyl (C=O) groups excluding carboxylic acids is 3. The highest BCUT2D eigenvalue weighted by Gasteiger charge is 2.50. The maximum atomic E-state index is 14.1. The van der Waals surface area contributed by atoms with Crippen LogP contribution in [0.3, 0.4) is 0 Å². The van der Waals surface area contributed by atoms with Crippen molar-refractivity contribution in [2.45, 2.75) is 26.3 Å². The summed E-state index contributed by atoms with van der Waals surface area (Å²) in [6.45, 7) is 9.18. The Labute approximate surface area is 146 Å². The van der Waals surface area contributed by atoms with Crippen molar-refractivity contribution in [2.24, 2.45) is 0 Å². The quantitative estimate of drug-likeness (QED) is 0.632. The number of urea groups is 1. The van der Waals surface area contributed by atoms with Crippen LogP contribution in [0.4, 0.5) is 9.18 Å². The van der Waals surface area contributed by atoms with Gasteiger partial charge >= 0.3 is 6.03 Å². The minimum atomic E-state index is -1.53. The number of rotatable bonds is 6. The lowest BCUT2D eigenvalue weighted by atomic mass is 9.91. The van der Waals surface area contributed by atoms with E-state index in [-0.39, 0.29) is 11.5 Å². The van der Waals surface area contributed by atoms with Crippen molar-refractivity contribution >= 4 is 17.8 Å². The Hall–Kier alpha value is -2.70. The lowest BCUT2D eigenvalue weighted by Crippen LogP contribution is -2.45. The summed E-state index contributed by atoms with van der Waals surface area (Å²) in [5, 5.41) is 2.50. The van der Waals surface area contributed by atoms with Crippen molar-refractivity contribution in [3.05, 3.63) is 47.8 Å². The van der Waals surface area contributed by atoms with E-state index in [0.717, 1.165) is 10.5 Å². The molecule has 0 radical (unpaired) electrons. The summed E-state index contributed by atoms with van der Waals surface area (Å²) in [7, 11) is 0. The summed E-state index contributed by atoms with van der Waals surface area (Å²) in [5.41, 5.74) is -0.671. The number of halogens is 1. The van der Waals surface area contributed by atoms with Crippen LogP contribution in [-0.2, 0) is 15.1 Å². The van der Waals surface area contributed by atoms with Crippen LogP contribution in [0.25, 0.3) is 0 Å². The summed E-state index contributed by atoms with van der Waals surface area (Å²) in [6, 6.07) is 5.04. The van der Waals surface area contributed by atoms with Gasteiger partial charge in [0.15, 0.2) is 0 Å². The fourth-order valence-corrected chi connectivity index (χ4v) is 2.83. The molecule has 6 nitrogen and oxygen atoms in total. The van der Waals surface area contributed by atoms with Crippen molar-refractivity contribution in [1.29, 1.82) is 0 Å². The summed E-state index contributed by atoms with van der Waals surface area (Å²) in [6.07, 6.45) is 0. The van der Waals surface area contributed by atoms with Crippen molar-refractivity contribution in [3.8, 4) is 0 Å². The van der Waals surface area contributed by atoms with Gasteiger partial charge in [-0.1, -0.05) is 30.4 Å². The molecular weight excluding hydrogens is 325 g/mol. The Balaban J connectivity index is 2.23. The standard InChI is InChI=1S/C18H22FN3O3/c1-5-21(10-12(2)3)15(23)11-22-16(24)18(4,20-17(22)25)13-8-6-7-9-14(13)19/h6-9H,2,5,10-11H2,1,3-4H3,(H,20,25). The number of likely N-dealkylation sites (N-methyl/N-ethyl adjacent to an activating group) is 1. The third-order valence-corrected chi connectivity index (χ3v) is 4.18. The highest BCUT2D eigenvalue weighted by Crippen LogP contribution is 2.30. The molecular formula is C18H22FN3O3. The average molecular weight is 347 g/mol. The fraction of sp³-hybridized carbons (Fsp3) is 0.389. The number of amides is 4. The summed E-state index contributed by atoms with van der Waals surface area (Å²) in [5.74, 6) is -1.61. The molecule has 7 heteroatoms. The molecule has 25 heavy (non-hydrogen) atoms. The Bertz CT molecular complexity index is 734. The van der Waals surface area contributed by atoms with Crippen LogP contribution < -0.4 is 5.32 Å². The molecule has 1 N–H and O–H groups in total. The molecule has 1 aromatic carbocycles. The zero-order chi connectivity index (χ0) is 18.8. The van der Waals surface area contributed by atoms with Gasteiger partial charge in [-0.3, -0.25) is 14.5 Å². The van der Waals surface area contributed by atoms with E-state index in [1.165, 1.54) is 30.0 Å². The molecule has 0 spiro atoms. The lowest BCUT2D eigenvalue weighted by Gasteiger charge is -2.25. The number of imide groups is 1. The summed E-state index contributed by atoms with van der Waals surface area (Å²) < 4.78 is 14.1. The maximum Gasteiger partial charge on any atom is 0.325 e. The Morgan fingerprint density at radius 2 is 2.00 bits per heavy atom. The first kappa shape index (κ1) is 18.6. The first-order chi connectivity index (χ1) is 11.7. The SMILES string of the molecule is C=C(C)CN(CC)C(=O)CN1C(=O)NC(C)(c2ccccc2F)C1=O. The predicted molar refractivity (Wildman–Crippen MR) is 91.1 cm³/mol. The number of benzene rings is 1. The number of nitrogens with zero attached hydrogens (tertiary/aromatic N) is 2. The lowest BCUT2D eigenvalue weighted by molar-refractivity contribution is -0.138. The van der Waals surface area contributed by atoms with Gasteiger partial charge in [0.2, 0.25) is 5.91 Å². The molecule has 1 aliphatic rings. The first-order valence-corrected chi connectivity index (χ1v) is 8.02. The average Bonchev–Trinajstić information content (AvgIpc) is 2.76. The van der Waals surface area contributed by atoms with Gasteiger partial charge in [0, 0.05) is 18.7 Å². The molecule has 0 saturated carbocycles. The second-order valence-electron chi connectivity index (χ2n) is 6.29. The normalized spacial score (nSPS) is 19.8. The molecule has 1 aromatic rings. The van der Waals surface area contributed by atoms with Gasteiger partial charge in [-0.15, -0.1) is 0 Å². The first-order valence-electron chi connectivity index (χ1n) is 8.02. The third kappa shape index (κ3) is 3.55. The molecule has 0 aliphatic carbocycles. The van der Waals surface area contributed by atoms with Gasteiger partial charge in [0.25, 0.3) is 5.91 Å². The Morgan fingerprint density at radius 1 is 1.36 bits per heavy atom. The minimum Gasteiger partial charge on any atom is -0.337 e. The molecule has 1 atom stereocenters.